The first-order valence-corrected chi connectivity index (χ1v) is 11.4. The summed E-state index contributed by atoms with van der Waals surface area (Å²) in [6.07, 6.45) is 0.877. The zero-order valence-corrected chi connectivity index (χ0v) is 19.0. The van der Waals surface area contributed by atoms with Crippen molar-refractivity contribution in [3.8, 4) is 0 Å². The molecule has 0 radical (unpaired) electrons. The molecule has 0 aliphatic carbocycles. The Bertz CT molecular complexity index is 1040. The van der Waals surface area contributed by atoms with Crippen LogP contribution in [0.3, 0.4) is 0 Å². The van der Waals surface area contributed by atoms with Gasteiger partial charge in [0, 0.05) is 27.6 Å². The summed E-state index contributed by atoms with van der Waals surface area (Å²) in [5.41, 5.74) is 9.54. The smallest absolute Gasteiger partial charge is 0.267 e. The fourth-order valence-electron chi connectivity index (χ4n) is 2.89. The van der Waals surface area contributed by atoms with E-state index in [4.69, 9.17) is 0 Å². The predicted molar refractivity (Wildman–Crippen MR) is 121 cm³/mol. The van der Waals surface area contributed by atoms with E-state index in [2.05, 4.69) is 27.7 Å². The fraction of sp³-hybridized carbons (Fsp3) is 0.273. The second kappa shape index (κ2) is 9.86. The van der Waals surface area contributed by atoms with Gasteiger partial charge in [0.1, 0.15) is 0 Å². The van der Waals surface area contributed by atoms with Crippen LogP contribution >= 0.6 is 23.1 Å². The van der Waals surface area contributed by atoms with Crippen molar-refractivity contribution in [2.24, 2.45) is 0 Å². The monoisotopic (exact) mass is 440 g/mol. The van der Waals surface area contributed by atoms with E-state index in [0.29, 0.717) is 16.2 Å². The van der Waals surface area contributed by atoms with E-state index in [1.807, 2.05) is 45.0 Å². The number of thioether (sulfide) groups is 1. The zero-order chi connectivity index (χ0) is 21.7. The number of hydrogen-bond donors (Lipinski definition) is 2. The number of nitrogens with zero attached hydrogens (tertiary/aromatic N) is 2. The number of aromatic nitrogens is 2. The first kappa shape index (κ1) is 22.0. The molecule has 0 fully saturated rings. The highest BCUT2D eigenvalue weighted by molar-refractivity contribution is 7.98. The Morgan fingerprint density at radius 1 is 0.967 bits per heavy atom. The highest BCUT2D eigenvalue weighted by atomic mass is 32.2. The molecular formula is C22H24N4O2S2. The van der Waals surface area contributed by atoms with Crippen LogP contribution in [0.15, 0.2) is 41.6 Å². The molecule has 3 rings (SSSR count). The molecule has 0 saturated heterocycles. The minimum Gasteiger partial charge on any atom is -0.267 e. The first-order valence-electron chi connectivity index (χ1n) is 9.59. The lowest BCUT2D eigenvalue weighted by atomic mass is 10.1. The molecule has 0 spiro atoms. The number of aryl methyl sites for hydroxylation is 4. The Hall–Kier alpha value is -2.71. The van der Waals surface area contributed by atoms with E-state index in [9.17, 15) is 9.59 Å². The number of thiophene rings is 1. The number of hydrazine groups is 1. The summed E-state index contributed by atoms with van der Waals surface area (Å²) >= 11 is 2.98. The first-order chi connectivity index (χ1) is 14.4. The van der Waals surface area contributed by atoms with Crippen LogP contribution < -0.4 is 10.9 Å². The maximum absolute atomic E-state index is 12.3. The van der Waals surface area contributed by atoms with Gasteiger partial charge in [-0.1, -0.05) is 30.8 Å². The molecule has 0 saturated carbocycles. The van der Waals surface area contributed by atoms with Gasteiger partial charge >= 0.3 is 0 Å². The Labute approximate surface area is 184 Å². The predicted octanol–water partition coefficient (Wildman–Crippen LogP) is 4.39. The quantitative estimate of drug-likeness (QED) is 0.337. The molecule has 2 aromatic heterocycles. The van der Waals surface area contributed by atoms with Gasteiger partial charge in [-0.15, -0.1) is 11.3 Å². The molecule has 2 heterocycles. The van der Waals surface area contributed by atoms with Gasteiger partial charge < -0.3 is 0 Å². The van der Waals surface area contributed by atoms with Gasteiger partial charge in [0.25, 0.3) is 11.8 Å². The highest BCUT2D eigenvalue weighted by Gasteiger charge is 2.13. The van der Waals surface area contributed by atoms with Crippen LogP contribution in [-0.2, 0) is 12.2 Å². The summed E-state index contributed by atoms with van der Waals surface area (Å²) in [5, 5.41) is 0.743. The molecule has 156 valence electrons. The molecule has 6 nitrogen and oxygen atoms in total. The van der Waals surface area contributed by atoms with E-state index in [-0.39, 0.29) is 11.8 Å². The topological polar surface area (TPSA) is 84.0 Å². The summed E-state index contributed by atoms with van der Waals surface area (Å²) in [6.45, 7) is 7.95. The van der Waals surface area contributed by atoms with Crippen molar-refractivity contribution in [2.75, 3.05) is 0 Å². The molecule has 2 N–H and O–H groups in total. The number of benzene rings is 1. The Kier molecular flexibility index (Phi) is 7.23. The van der Waals surface area contributed by atoms with Gasteiger partial charge in [-0.25, -0.2) is 9.97 Å². The molecule has 30 heavy (non-hydrogen) atoms. The maximum atomic E-state index is 12.3. The number of nitrogens with one attached hydrogen (secondary N) is 2. The number of rotatable bonds is 6. The highest BCUT2D eigenvalue weighted by Crippen LogP contribution is 2.22. The maximum Gasteiger partial charge on any atom is 0.279 e. The Morgan fingerprint density at radius 3 is 2.20 bits per heavy atom. The summed E-state index contributed by atoms with van der Waals surface area (Å²) in [5.74, 6) is 0.0424. The number of hydrogen-bond acceptors (Lipinski definition) is 6. The summed E-state index contributed by atoms with van der Waals surface area (Å²) in [7, 11) is 0. The third-order valence-corrected chi connectivity index (χ3v) is 6.47. The van der Waals surface area contributed by atoms with E-state index in [1.165, 1.54) is 11.3 Å². The van der Waals surface area contributed by atoms with Crippen molar-refractivity contribution in [3.63, 3.8) is 0 Å². The summed E-state index contributed by atoms with van der Waals surface area (Å²) in [4.78, 5) is 35.1. The van der Waals surface area contributed by atoms with E-state index < -0.39 is 0 Å². The molecule has 0 bridgehead atoms. The molecule has 2 amide bonds. The van der Waals surface area contributed by atoms with Gasteiger partial charge in [-0.3, -0.25) is 20.4 Å². The van der Waals surface area contributed by atoms with E-state index >= 15 is 0 Å². The van der Waals surface area contributed by atoms with Crippen LogP contribution in [0.4, 0.5) is 0 Å². The minimum absolute atomic E-state index is 0.308. The number of carbonyl (C=O) groups excluding carboxylic acids is 2. The van der Waals surface area contributed by atoms with Crippen molar-refractivity contribution >= 4 is 34.9 Å². The SMILES string of the molecule is CCc1cc(C(=O)NNC(=O)c2ccc(CSc3nc(C)cc(C)n3)cc2)sc1C. The Balaban J connectivity index is 1.53. The van der Waals surface area contributed by atoms with Gasteiger partial charge in [0.2, 0.25) is 0 Å². The Morgan fingerprint density at radius 2 is 1.60 bits per heavy atom. The van der Waals surface area contributed by atoms with E-state index in [1.54, 1.807) is 23.9 Å². The van der Waals surface area contributed by atoms with Crippen LogP contribution in [0, 0.1) is 20.8 Å². The zero-order valence-electron chi connectivity index (χ0n) is 17.4. The van der Waals surface area contributed by atoms with Crippen molar-refractivity contribution in [1.82, 2.24) is 20.8 Å². The largest absolute Gasteiger partial charge is 0.279 e. The summed E-state index contributed by atoms with van der Waals surface area (Å²) in [6, 6.07) is 11.1. The third kappa shape index (κ3) is 5.67. The second-order valence-corrected chi connectivity index (χ2v) is 9.07. The minimum atomic E-state index is -0.357. The number of amides is 2. The molecule has 0 unspecified atom stereocenters. The normalized spacial score (nSPS) is 10.7. The van der Waals surface area contributed by atoms with Crippen molar-refractivity contribution in [2.45, 2.75) is 45.0 Å². The number of carbonyl (C=O) groups is 2. The van der Waals surface area contributed by atoms with Crippen LogP contribution in [0.1, 0.15) is 54.3 Å². The van der Waals surface area contributed by atoms with Crippen molar-refractivity contribution in [1.29, 1.82) is 0 Å². The average Bonchev–Trinajstić information content (AvgIpc) is 3.10. The van der Waals surface area contributed by atoms with Crippen LogP contribution in [0.5, 0.6) is 0 Å². The molecule has 0 atom stereocenters. The second-order valence-electron chi connectivity index (χ2n) is 6.87. The van der Waals surface area contributed by atoms with E-state index in [0.717, 1.165) is 39.0 Å². The fourth-order valence-corrected chi connectivity index (χ4v) is 4.80. The lowest BCUT2D eigenvalue weighted by molar-refractivity contribution is 0.0849. The third-order valence-electron chi connectivity index (χ3n) is 4.46. The molecular weight excluding hydrogens is 416 g/mol. The van der Waals surface area contributed by atoms with Gasteiger partial charge in [0.05, 0.1) is 4.88 Å². The van der Waals surface area contributed by atoms with Gasteiger partial charge in [-0.05, 0) is 62.6 Å². The van der Waals surface area contributed by atoms with Gasteiger partial charge in [-0.2, -0.15) is 0 Å². The van der Waals surface area contributed by atoms with Crippen LogP contribution in [0.2, 0.25) is 0 Å². The lowest BCUT2D eigenvalue weighted by Gasteiger charge is -2.07. The molecule has 8 heteroatoms. The molecule has 3 aromatic rings. The lowest BCUT2D eigenvalue weighted by Crippen LogP contribution is -2.41. The summed E-state index contributed by atoms with van der Waals surface area (Å²) < 4.78 is 0. The molecule has 0 aliphatic rings. The van der Waals surface area contributed by atoms with Crippen LogP contribution in [-0.4, -0.2) is 21.8 Å². The standard InChI is InChI=1S/C22H24N4O2S2/c1-5-17-11-19(30-15(17)4)21(28)26-25-20(27)18-8-6-16(7-9-18)12-29-22-23-13(2)10-14(3)24-22/h6-11H,5,12H2,1-4H3,(H,25,27)(H,26,28). The van der Waals surface area contributed by atoms with Crippen LogP contribution in [0.25, 0.3) is 0 Å². The van der Waals surface area contributed by atoms with Crippen molar-refractivity contribution in [3.05, 3.63) is 74.2 Å². The molecule has 0 aliphatic heterocycles. The van der Waals surface area contributed by atoms with Gasteiger partial charge in [0.15, 0.2) is 5.16 Å². The van der Waals surface area contributed by atoms with Crippen molar-refractivity contribution < 1.29 is 9.59 Å². The molecule has 1 aromatic carbocycles. The average molecular weight is 441 g/mol.